The van der Waals surface area contributed by atoms with Crippen molar-refractivity contribution in [2.45, 2.75) is 26.9 Å². The second-order valence-electron chi connectivity index (χ2n) is 3.41. The maximum Gasteiger partial charge on any atom is 0.387 e. The highest BCUT2D eigenvalue weighted by molar-refractivity contribution is 5.98. The maximum atomic E-state index is 12.2. The van der Waals surface area contributed by atoms with Crippen LogP contribution in [-0.2, 0) is 6.42 Å². The van der Waals surface area contributed by atoms with Gasteiger partial charge < -0.3 is 4.74 Å². The molecule has 0 unspecified atom stereocenters. The fraction of sp³-hybridized carbons (Fsp3) is 0.333. The van der Waals surface area contributed by atoms with Crippen LogP contribution < -0.4 is 4.74 Å². The molecule has 0 aliphatic carbocycles. The summed E-state index contributed by atoms with van der Waals surface area (Å²) in [5.41, 5.74) is 0.849. The van der Waals surface area contributed by atoms with Crippen molar-refractivity contribution in [3.05, 3.63) is 28.8 Å². The van der Waals surface area contributed by atoms with Gasteiger partial charge in [-0.25, -0.2) is 0 Å². The van der Waals surface area contributed by atoms with E-state index in [0.717, 1.165) is 6.07 Å². The minimum Gasteiger partial charge on any atom is -0.434 e. The van der Waals surface area contributed by atoms with E-state index in [9.17, 15) is 13.6 Å². The number of carbonyl (C=O) groups excluding carboxylic acids is 1. The van der Waals surface area contributed by atoms with E-state index >= 15 is 0 Å². The van der Waals surface area contributed by atoms with Crippen molar-refractivity contribution < 1.29 is 18.3 Å². The van der Waals surface area contributed by atoms with Gasteiger partial charge in [-0.05, 0) is 31.0 Å². The van der Waals surface area contributed by atoms with Gasteiger partial charge in [0.15, 0.2) is 5.78 Å². The van der Waals surface area contributed by atoms with Crippen molar-refractivity contribution >= 4 is 5.78 Å². The summed E-state index contributed by atoms with van der Waals surface area (Å²) < 4.78 is 28.7. The van der Waals surface area contributed by atoms with Crippen LogP contribution in [0.1, 0.15) is 35.3 Å². The van der Waals surface area contributed by atoms with Gasteiger partial charge in [0.1, 0.15) is 5.75 Å². The molecule has 0 aromatic heterocycles. The molecule has 0 aliphatic heterocycles. The Balaban J connectivity index is 3.41. The molecule has 1 aromatic rings. The largest absolute Gasteiger partial charge is 0.434 e. The van der Waals surface area contributed by atoms with E-state index in [1.165, 1.54) is 13.0 Å². The number of ether oxygens (including phenoxy) is 1. The van der Waals surface area contributed by atoms with Crippen LogP contribution in [0.5, 0.6) is 5.75 Å². The number of nitrogens with zero attached hydrogens (tertiary/aromatic N) is 1. The van der Waals surface area contributed by atoms with Crippen LogP contribution in [0.25, 0.3) is 0 Å². The predicted octanol–water partition coefficient (Wildman–Crippen LogP) is 2.92. The zero-order valence-corrected chi connectivity index (χ0v) is 9.46. The predicted molar refractivity (Wildman–Crippen MR) is 57.2 cm³/mol. The van der Waals surface area contributed by atoms with Crippen LogP contribution in [0.3, 0.4) is 0 Å². The third-order valence-electron chi connectivity index (χ3n) is 2.26. The van der Waals surface area contributed by atoms with Crippen LogP contribution >= 0.6 is 0 Å². The first-order valence-electron chi connectivity index (χ1n) is 5.02. The van der Waals surface area contributed by atoms with Gasteiger partial charge in [-0.1, -0.05) is 6.92 Å². The minimum absolute atomic E-state index is 0.117. The summed E-state index contributed by atoms with van der Waals surface area (Å²) in [6.07, 6.45) is 0.462. The third kappa shape index (κ3) is 3.00. The molecule has 0 atom stereocenters. The van der Waals surface area contributed by atoms with Crippen LogP contribution in [0.2, 0.25) is 0 Å². The number of hydrogen-bond acceptors (Lipinski definition) is 3. The number of halogens is 2. The first kappa shape index (κ1) is 13.1. The van der Waals surface area contributed by atoms with Crippen molar-refractivity contribution in [1.29, 1.82) is 5.26 Å². The molecule has 90 valence electrons. The van der Waals surface area contributed by atoms with E-state index in [1.54, 1.807) is 6.92 Å². The SMILES string of the molecule is CCc1cc(C#N)cc(OC(F)F)c1C(C)=O. The first-order chi connectivity index (χ1) is 7.99. The standard InChI is InChI=1S/C12H11F2NO2/c1-3-9-4-8(6-15)5-10(17-12(13)14)11(9)7(2)16/h4-5,12H,3H2,1-2H3. The van der Waals surface area contributed by atoms with Crippen molar-refractivity contribution in [2.75, 3.05) is 0 Å². The molecule has 5 heteroatoms. The normalized spacial score (nSPS) is 10.1. The first-order valence-corrected chi connectivity index (χ1v) is 5.02. The van der Waals surface area contributed by atoms with E-state index in [1.807, 2.05) is 6.07 Å². The number of Topliss-reactive ketones (excluding diaryl/α,β-unsaturated/α-hetero) is 1. The summed E-state index contributed by atoms with van der Waals surface area (Å²) in [4.78, 5) is 11.4. The van der Waals surface area contributed by atoms with Crippen LogP contribution in [0.4, 0.5) is 8.78 Å². The molecular formula is C12H11F2NO2. The number of alkyl halides is 2. The zero-order chi connectivity index (χ0) is 13.0. The molecular weight excluding hydrogens is 228 g/mol. The molecule has 0 aliphatic rings. The number of rotatable bonds is 4. The Bertz CT molecular complexity index is 478. The summed E-state index contributed by atoms with van der Waals surface area (Å²) in [6.45, 7) is 0.0280. The number of aryl methyl sites for hydroxylation is 1. The second-order valence-corrected chi connectivity index (χ2v) is 3.41. The van der Waals surface area contributed by atoms with E-state index < -0.39 is 6.61 Å². The quantitative estimate of drug-likeness (QED) is 0.759. The fourth-order valence-corrected chi connectivity index (χ4v) is 1.61. The Kier molecular flexibility index (Phi) is 4.16. The van der Waals surface area contributed by atoms with Crippen LogP contribution in [-0.4, -0.2) is 12.4 Å². The summed E-state index contributed by atoms with van der Waals surface area (Å²) >= 11 is 0. The smallest absolute Gasteiger partial charge is 0.387 e. The number of benzene rings is 1. The molecule has 0 saturated heterocycles. The summed E-state index contributed by atoms with van der Waals surface area (Å²) in [7, 11) is 0. The van der Waals surface area contributed by atoms with E-state index in [2.05, 4.69) is 4.74 Å². The van der Waals surface area contributed by atoms with Gasteiger partial charge in [0.25, 0.3) is 0 Å². The van der Waals surface area contributed by atoms with E-state index in [0.29, 0.717) is 12.0 Å². The van der Waals surface area contributed by atoms with Gasteiger partial charge in [0, 0.05) is 0 Å². The molecule has 3 nitrogen and oxygen atoms in total. The lowest BCUT2D eigenvalue weighted by atomic mass is 9.98. The molecule has 1 rings (SSSR count). The summed E-state index contributed by atoms with van der Waals surface area (Å²) in [5, 5.41) is 8.77. The van der Waals surface area contributed by atoms with Gasteiger partial charge in [-0.2, -0.15) is 14.0 Å². The topological polar surface area (TPSA) is 50.1 Å². The number of ketones is 1. The zero-order valence-electron chi connectivity index (χ0n) is 9.46. The Labute approximate surface area is 97.6 Å². The Morgan fingerprint density at radius 3 is 2.59 bits per heavy atom. The molecule has 0 amide bonds. The minimum atomic E-state index is -3.02. The van der Waals surface area contributed by atoms with Crippen molar-refractivity contribution in [3.63, 3.8) is 0 Å². The number of hydrogen-bond donors (Lipinski definition) is 0. The second kappa shape index (κ2) is 5.39. The average molecular weight is 239 g/mol. The molecule has 17 heavy (non-hydrogen) atoms. The van der Waals surface area contributed by atoms with E-state index in [4.69, 9.17) is 5.26 Å². The van der Waals surface area contributed by atoms with Gasteiger partial charge >= 0.3 is 6.61 Å². The van der Waals surface area contributed by atoms with Gasteiger partial charge in [-0.3, -0.25) is 4.79 Å². The lowest BCUT2D eigenvalue weighted by Crippen LogP contribution is -2.09. The highest BCUT2D eigenvalue weighted by Gasteiger charge is 2.17. The monoisotopic (exact) mass is 239 g/mol. The van der Waals surface area contributed by atoms with Crippen LogP contribution in [0.15, 0.2) is 12.1 Å². The Hall–Kier alpha value is -1.96. The van der Waals surface area contributed by atoms with Gasteiger partial charge in [0.2, 0.25) is 0 Å². The summed E-state index contributed by atoms with van der Waals surface area (Å²) in [5.74, 6) is -0.592. The third-order valence-corrected chi connectivity index (χ3v) is 2.26. The van der Waals surface area contributed by atoms with Crippen LogP contribution in [0, 0.1) is 11.3 Å². The molecule has 0 heterocycles. The summed E-state index contributed by atoms with van der Waals surface area (Å²) in [6, 6.07) is 4.51. The van der Waals surface area contributed by atoms with E-state index in [-0.39, 0.29) is 22.7 Å². The molecule has 0 bridgehead atoms. The van der Waals surface area contributed by atoms with Crippen molar-refractivity contribution in [3.8, 4) is 11.8 Å². The molecule has 0 saturated carbocycles. The maximum absolute atomic E-state index is 12.2. The lowest BCUT2D eigenvalue weighted by molar-refractivity contribution is -0.0501. The highest BCUT2D eigenvalue weighted by Crippen LogP contribution is 2.27. The van der Waals surface area contributed by atoms with Gasteiger partial charge in [-0.15, -0.1) is 0 Å². The Morgan fingerprint density at radius 1 is 1.53 bits per heavy atom. The molecule has 0 spiro atoms. The molecule has 1 aromatic carbocycles. The highest BCUT2D eigenvalue weighted by atomic mass is 19.3. The fourth-order valence-electron chi connectivity index (χ4n) is 1.61. The molecule has 0 fully saturated rings. The van der Waals surface area contributed by atoms with Crippen molar-refractivity contribution in [1.82, 2.24) is 0 Å². The Morgan fingerprint density at radius 2 is 2.18 bits per heavy atom. The molecule has 0 N–H and O–H groups in total. The lowest BCUT2D eigenvalue weighted by Gasteiger charge is -2.12. The molecule has 0 radical (unpaired) electrons. The number of nitriles is 1. The average Bonchev–Trinajstić information content (AvgIpc) is 2.26. The number of carbonyl (C=O) groups is 1. The van der Waals surface area contributed by atoms with Gasteiger partial charge in [0.05, 0.1) is 17.2 Å². The van der Waals surface area contributed by atoms with Crippen molar-refractivity contribution in [2.24, 2.45) is 0 Å².